The van der Waals surface area contributed by atoms with Crippen LogP contribution in [0, 0.1) is 6.92 Å². The summed E-state index contributed by atoms with van der Waals surface area (Å²) < 4.78 is 22.1. The maximum Gasteiger partial charge on any atom is 0.456 e. The van der Waals surface area contributed by atoms with Gasteiger partial charge in [0.25, 0.3) is 0 Å². The molecule has 2 unspecified atom stereocenters. The molecule has 7 nitrogen and oxygen atoms in total. The standard InChI is InChI=1S/C12H20NO5P.H4NP/c1-4-5-13-19(15,16)18-12-10(8-14)6-9(2)7-11(12)17-3;1-2/h6-7,14H,4-5,8H2,1-3H3,(H2,13,15,16);1-2H2. The Kier molecular flexibility index (Phi) is 9.79. The molecule has 0 aliphatic carbocycles. The maximum atomic E-state index is 11.8. The molecule has 21 heavy (non-hydrogen) atoms. The third-order valence-electron chi connectivity index (χ3n) is 2.44. The molecular formula is C12H24N2O5P2. The van der Waals surface area contributed by atoms with E-state index in [1.165, 1.54) is 7.11 Å². The van der Waals surface area contributed by atoms with E-state index in [0.717, 1.165) is 5.56 Å². The Hall–Kier alpha value is -0.680. The summed E-state index contributed by atoms with van der Waals surface area (Å²) in [6.07, 6.45) is 0.700. The number of methoxy groups -OCH3 is 1. The molecule has 0 aliphatic rings. The minimum atomic E-state index is -3.97. The van der Waals surface area contributed by atoms with E-state index in [1.807, 2.05) is 23.2 Å². The average molecular weight is 338 g/mol. The average Bonchev–Trinajstić information content (AvgIpc) is 2.48. The summed E-state index contributed by atoms with van der Waals surface area (Å²) in [5, 5.41) is 11.7. The highest BCUT2D eigenvalue weighted by molar-refractivity contribution is 7.51. The largest absolute Gasteiger partial charge is 0.493 e. The quantitative estimate of drug-likeness (QED) is 0.560. The number of aliphatic hydroxyl groups is 1. The fraction of sp³-hybridized carbons (Fsp3) is 0.500. The molecule has 0 fully saturated rings. The van der Waals surface area contributed by atoms with Crippen molar-refractivity contribution in [3.05, 3.63) is 23.3 Å². The van der Waals surface area contributed by atoms with E-state index in [4.69, 9.17) is 9.26 Å². The highest BCUT2D eigenvalue weighted by atomic mass is 31.2. The van der Waals surface area contributed by atoms with Gasteiger partial charge in [-0.25, -0.2) is 9.65 Å². The smallest absolute Gasteiger partial charge is 0.456 e. The Balaban J connectivity index is 0.00000191. The highest BCUT2D eigenvalue weighted by Crippen LogP contribution is 2.44. The van der Waals surface area contributed by atoms with Crippen molar-refractivity contribution in [1.82, 2.24) is 5.09 Å². The van der Waals surface area contributed by atoms with Crippen LogP contribution in [0.4, 0.5) is 0 Å². The zero-order valence-electron chi connectivity index (χ0n) is 12.5. The second kappa shape index (κ2) is 10.1. The van der Waals surface area contributed by atoms with Crippen LogP contribution in [0.3, 0.4) is 0 Å². The summed E-state index contributed by atoms with van der Waals surface area (Å²) in [6, 6.07) is 3.35. The molecule has 1 aromatic rings. The third-order valence-corrected chi connectivity index (χ3v) is 3.50. The fourth-order valence-electron chi connectivity index (χ4n) is 1.59. The lowest BCUT2D eigenvalue weighted by Crippen LogP contribution is -2.15. The number of nitrogens with one attached hydrogen (secondary N) is 1. The lowest BCUT2D eigenvalue weighted by Gasteiger charge is -2.18. The second-order valence-corrected chi connectivity index (χ2v) is 5.67. The molecule has 0 saturated carbocycles. The predicted octanol–water partition coefficient (Wildman–Crippen LogP) is 1.71. The molecule has 0 saturated heterocycles. The Morgan fingerprint density at radius 3 is 2.52 bits per heavy atom. The third kappa shape index (κ3) is 6.74. The van der Waals surface area contributed by atoms with Crippen LogP contribution in [0.5, 0.6) is 11.5 Å². The minimum Gasteiger partial charge on any atom is -0.493 e. The van der Waals surface area contributed by atoms with Crippen LogP contribution >= 0.6 is 17.1 Å². The summed E-state index contributed by atoms with van der Waals surface area (Å²) >= 11 is 0. The van der Waals surface area contributed by atoms with Crippen molar-refractivity contribution < 1.29 is 23.8 Å². The SMILES string of the molecule is CCCNP(=O)(O)Oc1c(CO)cc(C)cc1OC.NP. The zero-order valence-corrected chi connectivity index (χ0v) is 14.5. The van der Waals surface area contributed by atoms with Crippen LogP contribution in [0.2, 0.25) is 0 Å². The van der Waals surface area contributed by atoms with Crippen molar-refractivity contribution in [3.63, 3.8) is 0 Å². The molecular weight excluding hydrogens is 314 g/mol. The number of ether oxygens (including phenoxy) is 1. The van der Waals surface area contributed by atoms with Gasteiger partial charge in [-0.1, -0.05) is 16.3 Å². The summed E-state index contributed by atoms with van der Waals surface area (Å²) in [5.41, 5.74) is 5.69. The first-order chi connectivity index (χ1) is 9.93. The second-order valence-electron chi connectivity index (χ2n) is 4.13. The van der Waals surface area contributed by atoms with Crippen LogP contribution in [-0.2, 0) is 11.2 Å². The molecule has 2 atom stereocenters. The van der Waals surface area contributed by atoms with E-state index in [1.54, 1.807) is 12.1 Å². The molecule has 9 heteroatoms. The van der Waals surface area contributed by atoms with Crippen LogP contribution in [0.15, 0.2) is 12.1 Å². The van der Waals surface area contributed by atoms with Gasteiger partial charge in [-0.3, -0.25) is 0 Å². The Bertz CT molecular complexity index is 460. The van der Waals surface area contributed by atoms with Crippen molar-refractivity contribution in [2.24, 2.45) is 5.50 Å². The number of benzene rings is 1. The van der Waals surface area contributed by atoms with Gasteiger partial charge in [0.2, 0.25) is 0 Å². The molecule has 5 N–H and O–H groups in total. The van der Waals surface area contributed by atoms with Crippen LogP contribution in [-0.4, -0.2) is 23.7 Å². The summed E-state index contributed by atoms with van der Waals surface area (Å²) in [7, 11) is -0.616. The molecule has 0 spiro atoms. The van der Waals surface area contributed by atoms with E-state index in [-0.39, 0.29) is 12.4 Å². The Labute approximate surface area is 127 Å². The maximum absolute atomic E-state index is 11.8. The van der Waals surface area contributed by atoms with Gasteiger partial charge in [0.1, 0.15) is 0 Å². The first kappa shape index (κ1) is 20.3. The topological polar surface area (TPSA) is 114 Å². The first-order valence-electron chi connectivity index (χ1n) is 6.32. The van der Waals surface area contributed by atoms with Gasteiger partial charge in [0, 0.05) is 12.1 Å². The van der Waals surface area contributed by atoms with Gasteiger partial charge >= 0.3 is 7.75 Å². The number of rotatable bonds is 7. The summed E-state index contributed by atoms with van der Waals surface area (Å²) in [5.74, 6) is 0.404. The molecule has 0 heterocycles. The van der Waals surface area contributed by atoms with E-state index in [2.05, 4.69) is 10.6 Å². The highest BCUT2D eigenvalue weighted by Gasteiger charge is 2.24. The molecule has 0 bridgehead atoms. The van der Waals surface area contributed by atoms with E-state index in [0.29, 0.717) is 24.3 Å². The van der Waals surface area contributed by atoms with Crippen LogP contribution in [0.1, 0.15) is 24.5 Å². The number of nitrogens with two attached hydrogens (primary N) is 1. The minimum absolute atomic E-state index is 0.0880. The lowest BCUT2D eigenvalue weighted by molar-refractivity contribution is 0.273. The fourth-order valence-corrected chi connectivity index (χ4v) is 2.62. The van der Waals surface area contributed by atoms with E-state index >= 15 is 0 Å². The van der Waals surface area contributed by atoms with E-state index < -0.39 is 7.75 Å². The molecule has 1 aromatic carbocycles. The van der Waals surface area contributed by atoms with Crippen LogP contribution < -0.4 is 19.9 Å². The molecule has 122 valence electrons. The van der Waals surface area contributed by atoms with Gasteiger partial charge in [-0.2, -0.15) is 0 Å². The Morgan fingerprint density at radius 1 is 1.43 bits per heavy atom. The molecule has 1 rings (SSSR count). The van der Waals surface area contributed by atoms with Crippen LogP contribution in [0.25, 0.3) is 0 Å². The van der Waals surface area contributed by atoms with Gasteiger partial charge in [0.05, 0.1) is 13.7 Å². The number of hydrogen-bond donors (Lipinski definition) is 4. The van der Waals surface area contributed by atoms with Crippen molar-refractivity contribution in [1.29, 1.82) is 0 Å². The van der Waals surface area contributed by atoms with Gasteiger partial charge < -0.3 is 24.8 Å². The van der Waals surface area contributed by atoms with Crippen molar-refractivity contribution in [2.45, 2.75) is 26.9 Å². The molecule has 0 radical (unpaired) electrons. The summed E-state index contributed by atoms with van der Waals surface area (Å²) in [4.78, 5) is 9.69. The first-order valence-corrected chi connectivity index (χ1v) is 8.57. The lowest BCUT2D eigenvalue weighted by atomic mass is 10.1. The molecule has 0 aliphatic heterocycles. The number of aryl methyl sites for hydroxylation is 1. The summed E-state index contributed by atoms with van der Waals surface area (Å²) in [6.45, 7) is 3.76. The Morgan fingerprint density at radius 2 is 2.05 bits per heavy atom. The van der Waals surface area contributed by atoms with Crippen molar-refractivity contribution >= 4 is 17.1 Å². The monoisotopic (exact) mass is 338 g/mol. The van der Waals surface area contributed by atoms with Gasteiger partial charge in [0.15, 0.2) is 11.5 Å². The predicted molar refractivity (Wildman–Crippen MR) is 86.3 cm³/mol. The van der Waals surface area contributed by atoms with Gasteiger partial charge in [-0.05, 0) is 31.0 Å². The van der Waals surface area contributed by atoms with E-state index in [9.17, 15) is 14.6 Å². The van der Waals surface area contributed by atoms with Crippen molar-refractivity contribution in [2.75, 3.05) is 13.7 Å². The van der Waals surface area contributed by atoms with Gasteiger partial charge in [-0.15, -0.1) is 0 Å². The number of aliphatic hydroxyl groups excluding tert-OH is 1. The van der Waals surface area contributed by atoms with Crippen molar-refractivity contribution in [3.8, 4) is 11.5 Å². The molecule has 0 aromatic heterocycles. The molecule has 0 amide bonds. The zero-order chi connectivity index (χ0) is 16.5. The number of hydrogen-bond acceptors (Lipinski definition) is 5. The normalized spacial score (nSPS) is 12.9.